The summed E-state index contributed by atoms with van der Waals surface area (Å²) in [5, 5.41) is 2.18. The van der Waals surface area contributed by atoms with Gasteiger partial charge in [-0.05, 0) is 42.1 Å². The highest BCUT2D eigenvalue weighted by Crippen LogP contribution is 2.32. The third-order valence-electron chi connectivity index (χ3n) is 3.84. The van der Waals surface area contributed by atoms with Crippen LogP contribution in [0.3, 0.4) is 0 Å². The maximum absolute atomic E-state index is 13.3. The molecule has 22 heavy (non-hydrogen) atoms. The molecule has 0 N–H and O–H groups in total. The van der Waals surface area contributed by atoms with Gasteiger partial charge in [-0.1, -0.05) is 19.1 Å². The van der Waals surface area contributed by atoms with Gasteiger partial charge in [0.25, 0.3) is 0 Å². The summed E-state index contributed by atoms with van der Waals surface area (Å²) in [7, 11) is 0. The van der Waals surface area contributed by atoms with Gasteiger partial charge in [0.2, 0.25) is 0 Å². The molecule has 2 aromatic heterocycles. The first-order valence-electron chi connectivity index (χ1n) is 7.40. The van der Waals surface area contributed by atoms with Crippen molar-refractivity contribution in [2.75, 3.05) is 0 Å². The van der Waals surface area contributed by atoms with Crippen molar-refractivity contribution in [3.63, 3.8) is 0 Å². The fraction of sp³-hybridized carbons (Fsp3) is 0.167. The van der Waals surface area contributed by atoms with Crippen molar-refractivity contribution in [1.82, 2.24) is 9.55 Å². The van der Waals surface area contributed by atoms with Crippen molar-refractivity contribution < 1.29 is 4.39 Å². The Labute approximate surface area is 131 Å². The minimum absolute atomic E-state index is 0.213. The minimum atomic E-state index is -0.213. The monoisotopic (exact) mass is 310 g/mol. The SMILES string of the molecule is CCCn1ccc2ccc(-c3nc4ccc(F)cc4s3)cc21. The lowest BCUT2D eigenvalue weighted by atomic mass is 10.2. The average Bonchev–Trinajstić information content (AvgIpc) is 3.11. The molecule has 4 aromatic rings. The predicted molar refractivity (Wildman–Crippen MR) is 90.8 cm³/mol. The van der Waals surface area contributed by atoms with Crippen LogP contribution in [0.15, 0.2) is 48.7 Å². The van der Waals surface area contributed by atoms with Gasteiger partial charge in [0.15, 0.2) is 0 Å². The molecule has 0 saturated carbocycles. The highest BCUT2D eigenvalue weighted by Gasteiger charge is 2.09. The van der Waals surface area contributed by atoms with Gasteiger partial charge in [0.1, 0.15) is 10.8 Å². The van der Waals surface area contributed by atoms with E-state index in [-0.39, 0.29) is 5.82 Å². The molecular weight excluding hydrogens is 295 g/mol. The van der Waals surface area contributed by atoms with Crippen molar-refractivity contribution in [2.24, 2.45) is 0 Å². The Morgan fingerprint density at radius 3 is 2.91 bits per heavy atom. The summed E-state index contributed by atoms with van der Waals surface area (Å²) < 4.78 is 16.5. The summed E-state index contributed by atoms with van der Waals surface area (Å²) >= 11 is 1.53. The Morgan fingerprint density at radius 1 is 1.14 bits per heavy atom. The molecule has 0 amide bonds. The Bertz CT molecular complexity index is 968. The van der Waals surface area contributed by atoms with E-state index in [1.165, 1.54) is 28.3 Å². The predicted octanol–water partition coefficient (Wildman–Crippen LogP) is 5.47. The molecule has 2 heterocycles. The number of halogens is 1. The molecule has 0 aliphatic heterocycles. The summed E-state index contributed by atoms with van der Waals surface area (Å²) in [6.45, 7) is 3.19. The number of rotatable bonds is 3. The van der Waals surface area contributed by atoms with Crippen molar-refractivity contribution in [3.05, 3.63) is 54.5 Å². The van der Waals surface area contributed by atoms with Gasteiger partial charge in [0.05, 0.1) is 10.2 Å². The van der Waals surface area contributed by atoms with Crippen LogP contribution in [-0.4, -0.2) is 9.55 Å². The molecule has 2 aromatic carbocycles. The summed E-state index contributed by atoms with van der Waals surface area (Å²) in [5.74, 6) is -0.213. The number of hydrogen-bond acceptors (Lipinski definition) is 2. The largest absolute Gasteiger partial charge is 0.347 e. The van der Waals surface area contributed by atoms with Crippen LogP contribution in [0.4, 0.5) is 4.39 Å². The highest BCUT2D eigenvalue weighted by molar-refractivity contribution is 7.21. The summed E-state index contributed by atoms with van der Waals surface area (Å²) in [6.07, 6.45) is 3.24. The third kappa shape index (κ3) is 2.20. The molecule has 4 rings (SSSR count). The van der Waals surface area contributed by atoms with E-state index in [0.29, 0.717) is 0 Å². The van der Waals surface area contributed by atoms with E-state index in [9.17, 15) is 4.39 Å². The van der Waals surface area contributed by atoms with Crippen molar-refractivity contribution in [3.8, 4) is 10.6 Å². The van der Waals surface area contributed by atoms with E-state index in [2.05, 4.69) is 46.9 Å². The average molecular weight is 310 g/mol. The first kappa shape index (κ1) is 13.5. The third-order valence-corrected chi connectivity index (χ3v) is 4.90. The first-order valence-corrected chi connectivity index (χ1v) is 8.21. The Balaban J connectivity index is 1.86. The second-order valence-electron chi connectivity index (χ2n) is 5.41. The molecular formula is C18H15FN2S. The second-order valence-corrected chi connectivity index (χ2v) is 6.44. The maximum Gasteiger partial charge on any atom is 0.124 e. The van der Waals surface area contributed by atoms with Gasteiger partial charge < -0.3 is 4.57 Å². The topological polar surface area (TPSA) is 17.8 Å². The maximum atomic E-state index is 13.3. The lowest BCUT2D eigenvalue weighted by molar-refractivity contribution is 0.630. The van der Waals surface area contributed by atoms with Gasteiger partial charge in [-0.25, -0.2) is 9.37 Å². The van der Waals surface area contributed by atoms with Crippen LogP contribution in [0.25, 0.3) is 31.7 Å². The van der Waals surface area contributed by atoms with E-state index < -0.39 is 0 Å². The van der Waals surface area contributed by atoms with E-state index in [1.807, 2.05) is 0 Å². The zero-order valence-electron chi connectivity index (χ0n) is 12.2. The normalized spacial score (nSPS) is 11.5. The Hall–Kier alpha value is -2.20. The number of fused-ring (bicyclic) bond motifs is 2. The van der Waals surface area contributed by atoms with Crippen LogP contribution < -0.4 is 0 Å². The quantitative estimate of drug-likeness (QED) is 0.491. The van der Waals surface area contributed by atoms with Crippen LogP contribution in [0, 0.1) is 5.82 Å². The van der Waals surface area contributed by atoms with Gasteiger partial charge in [-0.15, -0.1) is 11.3 Å². The molecule has 0 radical (unpaired) electrons. The van der Waals surface area contributed by atoms with E-state index >= 15 is 0 Å². The lowest BCUT2D eigenvalue weighted by Gasteiger charge is -2.04. The summed E-state index contributed by atoms with van der Waals surface area (Å²) in [4.78, 5) is 4.63. The van der Waals surface area contributed by atoms with Crippen LogP contribution in [-0.2, 0) is 6.54 Å². The molecule has 110 valence electrons. The van der Waals surface area contributed by atoms with Crippen LogP contribution in [0.5, 0.6) is 0 Å². The molecule has 0 aliphatic rings. The first-order chi connectivity index (χ1) is 10.7. The number of nitrogens with zero attached hydrogens (tertiary/aromatic N) is 2. The van der Waals surface area contributed by atoms with Gasteiger partial charge >= 0.3 is 0 Å². The van der Waals surface area contributed by atoms with Gasteiger partial charge in [0, 0.05) is 23.8 Å². The molecule has 0 bridgehead atoms. The second kappa shape index (κ2) is 5.21. The fourth-order valence-corrected chi connectivity index (χ4v) is 3.76. The van der Waals surface area contributed by atoms with Gasteiger partial charge in [-0.3, -0.25) is 0 Å². The molecule has 0 saturated heterocycles. The molecule has 0 unspecified atom stereocenters. The molecule has 0 fully saturated rings. The number of hydrogen-bond donors (Lipinski definition) is 0. The number of aryl methyl sites for hydroxylation is 1. The van der Waals surface area contributed by atoms with Crippen LogP contribution in [0.1, 0.15) is 13.3 Å². The highest BCUT2D eigenvalue weighted by atomic mass is 32.1. The van der Waals surface area contributed by atoms with E-state index in [1.54, 1.807) is 12.1 Å². The molecule has 0 atom stereocenters. The zero-order valence-corrected chi connectivity index (χ0v) is 13.0. The minimum Gasteiger partial charge on any atom is -0.347 e. The number of thiazole rings is 1. The van der Waals surface area contributed by atoms with Crippen LogP contribution in [0.2, 0.25) is 0 Å². The van der Waals surface area contributed by atoms with Crippen molar-refractivity contribution >= 4 is 32.5 Å². The smallest absolute Gasteiger partial charge is 0.124 e. The molecule has 0 spiro atoms. The molecule has 0 aliphatic carbocycles. The standard InChI is InChI=1S/C18H15FN2S/c1-2-8-21-9-7-12-3-4-13(10-16(12)21)18-20-15-6-5-14(19)11-17(15)22-18/h3-7,9-11H,2,8H2,1H3. The van der Waals surface area contributed by atoms with Gasteiger partial charge in [-0.2, -0.15) is 0 Å². The lowest BCUT2D eigenvalue weighted by Crippen LogP contribution is -1.93. The number of benzene rings is 2. The van der Waals surface area contributed by atoms with E-state index in [0.717, 1.165) is 33.8 Å². The Kier molecular flexibility index (Phi) is 3.19. The summed E-state index contributed by atoms with van der Waals surface area (Å²) in [5.41, 5.74) is 3.17. The van der Waals surface area contributed by atoms with E-state index in [4.69, 9.17) is 0 Å². The van der Waals surface area contributed by atoms with Crippen LogP contribution >= 0.6 is 11.3 Å². The number of aromatic nitrogens is 2. The summed E-state index contributed by atoms with van der Waals surface area (Å²) in [6, 6.07) is 13.3. The molecule has 4 heteroatoms. The van der Waals surface area contributed by atoms with Crippen molar-refractivity contribution in [2.45, 2.75) is 19.9 Å². The Morgan fingerprint density at radius 2 is 2.05 bits per heavy atom. The molecule has 2 nitrogen and oxygen atoms in total. The fourth-order valence-electron chi connectivity index (χ4n) is 2.77. The van der Waals surface area contributed by atoms with Crippen molar-refractivity contribution in [1.29, 1.82) is 0 Å². The zero-order chi connectivity index (χ0) is 15.1.